The lowest BCUT2D eigenvalue weighted by Crippen LogP contribution is -2.20. The molecule has 0 aliphatic heterocycles. The molecular formula is C17H18BrN3O3S. The summed E-state index contributed by atoms with van der Waals surface area (Å²) in [5.41, 5.74) is 1.81. The van der Waals surface area contributed by atoms with Crippen molar-refractivity contribution in [3.8, 4) is 0 Å². The lowest BCUT2D eigenvalue weighted by atomic mass is 10.1. The zero-order valence-electron chi connectivity index (χ0n) is 14.0. The van der Waals surface area contributed by atoms with Crippen molar-refractivity contribution in [3.63, 3.8) is 0 Å². The van der Waals surface area contributed by atoms with Crippen LogP contribution in [-0.4, -0.2) is 33.3 Å². The van der Waals surface area contributed by atoms with Crippen LogP contribution in [0.15, 0.2) is 45.5 Å². The van der Waals surface area contributed by atoms with Crippen molar-refractivity contribution < 1.29 is 14.0 Å². The lowest BCUT2D eigenvalue weighted by Gasteiger charge is -2.12. The van der Waals surface area contributed by atoms with Crippen LogP contribution in [0.25, 0.3) is 11.0 Å². The number of benzene rings is 1. The van der Waals surface area contributed by atoms with Crippen LogP contribution in [0.4, 0.5) is 11.6 Å². The Balaban J connectivity index is 2.62. The smallest absolute Gasteiger partial charge is 0.257 e. The van der Waals surface area contributed by atoms with E-state index in [1.807, 2.05) is 12.1 Å². The van der Waals surface area contributed by atoms with Crippen LogP contribution < -0.4 is 14.5 Å². The first kappa shape index (κ1) is 19.1. The fraction of sp³-hybridized carbons (Fsp3) is 0.176. The SMILES string of the molecule is CNC(=O)c1c(N(C)/C=C\C=C/C=O)oc2cc(N(C)S)c(Br)cc12. The Morgan fingerprint density at radius 2 is 2.00 bits per heavy atom. The highest BCUT2D eigenvalue weighted by molar-refractivity contribution is 9.10. The summed E-state index contributed by atoms with van der Waals surface area (Å²) in [6.07, 6.45) is 7.03. The van der Waals surface area contributed by atoms with Crippen LogP contribution in [0, 0.1) is 0 Å². The van der Waals surface area contributed by atoms with Crippen LogP contribution in [0.5, 0.6) is 0 Å². The van der Waals surface area contributed by atoms with Gasteiger partial charge in [0, 0.05) is 43.3 Å². The fourth-order valence-electron chi connectivity index (χ4n) is 2.29. The molecule has 0 aliphatic carbocycles. The summed E-state index contributed by atoms with van der Waals surface area (Å²) in [5.74, 6) is 0.146. The van der Waals surface area contributed by atoms with Gasteiger partial charge in [-0.2, -0.15) is 0 Å². The Labute approximate surface area is 159 Å². The first-order valence-corrected chi connectivity index (χ1v) is 8.52. The summed E-state index contributed by atoms with van der Waals surface area (Å²) in [6.45, 7) is 0. The highest BCUT2D eigenvalue weighted by atomic mass is 79.9. The number of hydrogen-bond acceptors (Lipinski definition) is 6. The molecule has 2 rings (SSSR count). The molecule has 2 aromatic rings. The van der Waals surface area contributed by atoms with Gasteiger partial charge in [-0.05, 0) is 34.1 Å². The van der Waals surface area contributed by atoms with Crippen LogP contribution >= 0.6 is 28.7 Å². The predicted molar refractivity (Wildman–Crippen MR) is 107 cm³/mol. The molecule has 0 aliphatic rings. The molecule has 0 radical (unpaired) electrons. The molecule has 1 aromatic carbocycles. The molecule has 1 aromatic heterocycles. The molecule has 0 bridgehead atoms. The van der Waals surface area contributed by atoms with Crippen molar-refractivity contribution in [1.29, 1.82) is 0 Å². The fourth-order valence-corrected chi connectivity index (χ4v) is 3.20. The third-order valence-corrected chi connectivity index (χ3v) is 4.32. The Morgan fingerprint density at radius 3 is 2.60 bits per heavy atom. The second-order valence-electron chi connectivity index (χ2n) is 5.16. The van der Waals surface area contributed by atoms with E-state index in [2.05, 4.69) is 34.1 Å². The number of allylic oxidation sites excluding steroid dienone is 3. The van der Waals surface area contributed by atoms with Gasteiger partial charge in [-0.3, -0.25) is 9.59 Å². The van der Waals surface area contributed by atoms with Gasteiger partial charge in [0.25, 0.3) is 5.91 Å². The molecule has 8 heteroatoms. The second-order valence-corrected chi connectivity index (χ2v) is 6.61. The number of carbonyl (C=O) groups is 2. The van der Waals surface area contributed by atoms with Crippen LogP contribution in [0.1, 0.15) is 10.4 Å². The molecule has 0 saturated carbocycles. The van der Waals surface area contributed by atoms with Gasteiger partial charge in [0.2, 0.25) is 5.88 Å². The number of thiol groups is 1. The minimum Gasteiger partial charge on any atom is -0.439 e. The Morgan fingerprint density at radius 1 is 1.28 bits per heavy atom. The van der Waals surface area contributed by atoms with Gasteiger partial charge >= 0.3 is 0 Å². The number of nitrogens with zero attached hydrogens (tertiary/aromatic N) is 2. The number of halogens is 1. The molecule has 1 N–H and O–H groups in total. The highest BCUT2D eigenvalue weighted by Gasteiger charge is 2.23. The number of rotatable bonds is 6. The Kier molecular flexibility index (Phi) is 6.33. The van der Waals surface area contributed by atoms with Crippen LogP contribution in [0.3, 0.4) is 0 Å². The summed E-state index contributed by atoms with van der Waals surface area (Å²) in [6, 6.07) is 3.64. The number of furan rings is 1. The van der Waals surface area contributed by atoms with Gasteiger partial charge in [-0.25, -0.2) is 0 Å². The van der Waals surface area contributed by atoms with Gasteiger partial charge in [0.1, 0.15) is 17.4 Å². The van der Waals surface area contributed by atoms with Crippen molar-refractivity contribution in [1.82, 2.24) is 5.32 Å². The van der Waals surface area contributed by atoms with Gasteiger partial charge in [-0.15, -0.1) is 0 Å². The minimum absolute atomic E-state index is 0.253. The number of carbonyl (C=O) groups excluding carboxylic acids is 2. The first-order chi connectivity index (χ1) is 11.9. The largest absolute Gasteiger partial charge is 0.439 e. The number of nitrogens with one attached hydrogen (secondary N) is 1. The minimum atomic E-state index is -0.253. The van der Waals surface area contributed by atoms with Gasteiger partial charge < -0.3 is 18.9 Å². The van der Waals surface area contributed by atoms with Crippen molar-refractivity contribution in [2.75, 3.05) is 30.3 Å². The second kappa shape index (κ2) is 8.26. The molecule has 0 fully saturated rings. The molecule has 6 nitrogen and oxygen atoms in total. The Hall–Kier alpha value is -2.19. The maximum Gasteiger partial charge on any atom is 0.257 e. The maximum atomic E-state index is 12.4. The molecule has 0 atom stereocenters. The van der Waals surface area contributed by atoms with E-state index in [0.29, 0.717) is 28.7 Å². The van der Waals surface area contributed by atoms with E-state index in [0.717, 1.165) is 10.2 Å². The summed E-state index contributed by atoms with van der Waals surface area (Å²) in [4.78, 5) is 24.4. The van der Waals surface area contributed by atoms with Crippen molar-refractivity contribution in [2.24, 2.45) is 0 Å². The normalized spacial score (nSPS) is 11.4. The molecular weight excluding hydrogens is 406 g/mol. The van der Waals surface area contributed by atoms with Gasteiger partial charge in [0.15, 0.2) is 0 Å². The monoisotopic (exact) mass is 423 g/mol. The third kappa shape index (κ3) is 4.08. The molecule has 132 valence electrons. The van der Waals surface area contributed by atoms with E-state index in [4.69, 9.17) is 4.42 Å². The number of aldehydes is 1. The molecule has 0 spiro atoms. The van der Waals surface area contributed by atoms with Crippen molar-refractivity contribution in [3.05, 3.63) is 46.6 Å². The lowest BCUT2D eigenvalue weighted by molar-refractivity contribution is -0.104. The van der Waals surface area contributed by atoms with Crippen LogP contribution in [0.2, 0.25) is 0 Å². The number of amides is 1. The maximum absolute atomic E-state index is 12.4. The van der Waals surface area contributed by atoms with Crippen molar-refractivity contribution in [2.45, 2.75) is 0 Å². The molecule has 0 unspecified atom stereocenters. The third-order valence-electron chi connectivity index (χ3n) is 3.47. The molecule has 0 saturated heterocycles. The number of anilines is 2. The van der Waals surface area contributed by atoms with E-state index in [1.54, 1.807) is 48.7 Å². The average Bonchev–Trinajstić information content (AvgIpc) is 2.95. The van der Waals surface area contributed by atoms with Crippen LogP contribution in [-0.2, 0) is 4.79 Å². The topological polar surface area (TPSA) is 65.8 Å². The van der Waals surface area contributed by atoms with E-state index in [9.17, 15) is 9.59 Å². The summed E-state index contributed by atoms with van der Waals surface area (Å²) >= 11 is 7.80. The first-order valence-electron chi connectivity index (χ1n) is 7.32. The number of fused-ring (bicyclic) bond motifs is 1. The molecule has 1 amide bonds. The van der Waals surface area contributed by atoms with Gasteiger partial charge in [-0.1, -0.05) is 18.9 Å². The standard InChI is InChI=1S/C17H18BrN3O3S/c1-19-16(23)15-11-9-12(18)13(21(3)25)10-14(11)24-17(15)20(2)7-5-4-6-8-22/h4-10,25H,1-3H3,(H,19,23)/b6-4-,7-5-. The van der Waals surface area contributed by atoms with Gasteiger partial charge in [0.05, 0.1) is 5.69 Å². The van der Waals surface area contributed by atoms with Crippen molar-refractivity contribution >= 4 is 63.5 Å². The molecule has 25 heavy (non-hydrogen) atoms. The predicted octanol–water partition coefficient (Wildman–Crippen LogP) is 3.54. The van der Waals surface area contributed by atoms with E-state index >= 15 is 0 Å². The zero-order chi connectivity index (χ0) is 18.6. The van der Waals surface area contributed by atoms with E-state index in [-0.39, 0.29) is 5.91 Å². The van der Waals surface area contributed by atoms with E-state index in [1.165, 1.54) is 6.08 Å². The summed E-state index contributed by atoms with van der Waals surface area (Å²) in [7, 11) is 5.13. The summed E-state index contributed by atoms with van der Waals surface area (Å²) < 4.78 is 8.37. The highest BCUT2D eigenvalue weighted by Crippen LogP contribution is 2.38. The average molecular weight is 424 g/mol. The Bertz CT molecular complexity index is 858. The molecule has 1 heterocycles. The zero-order valence-corrected chi connectivity index (χ0v) is 16.5. The van der Waals surface area contributed by atoms with E-state index < -0.39 is 0 Å². The quantitative estimate of drug-likeness (QED) is 0.322. The summed E-state index contributed by atoms with van der Waals surface area (Å²) in [5, 5.41) is 3.32. The number of hydrogen-bond donors (Lipinski definition) is 2.